The Balaban J connectivity index is 2.13. The van der Waals surface area contributed by atoms with E-state index in [1.165, 1.54) is 0 Å². The van der Waals surface area contributed by atoms with E-state index < -0.39 is 0 Å². The molecule has 0 radical (unpaired) electrons. The van der Waals surface area contributed by atoms with Crippen molar-refractivity contribution in [3.8, 4) is 11.6 Å². The molecule has 2 rings (SSSR count). The van der Waals surface area contributed by atoms with E-state index in [9.17, 15) is 0 Å². The number of nitrogens with one attached hydrogen (secondary N) is 1. The third-order valence-electron chi connectivity index (χ3n) is 2.85. The number of hydrogen-bond acceptors (Lipinski definition) is 3. The molecular weight excluding hydrogens is 295 g/mol. The topological polar surface area (TPSA) is 34.1 Å². The minimum absolute atomic E-state index is 0.463. The summed E-state index contributed by atoms with van der Waals surface area (Å²) >= 11 is 11.8. The normalized spacial score (nSPS) is 10.6. The predicted octanol–water partition coefficient (Wildman–Crippen LogP) is 4.60. The monoisotopic (exact) mass is 310 g/mol. The van der Waals surface area contributed by atoms with Crippen LogP contribution in [0.2, 0.25) is 10.0 Å². The molecule has 1 aromatic carbocycles. The highest BCUT2D eigenvalue weighted by Gasteiger charge is 2.05. The van der Waals surface area contributed by atoms with E-state index in [0.29, 0.717) is 21.7 Å². The minimum atomic E-state index is 0.463. The number of benzene rings is 1. The van der Waals surface area contributed by atoms with Gasteiger partial charge in [0.1, 0.15) is 5.75 Å². The summed E-state index contributed by atoms with van der Waals surface area (Å²) in [6.07, 6.45) is 0. The van der Waals surface area contributed by atoms with Crippen molar-refractivity contribution in [3.05, 3.63) is 51.6 Å². The molecule has 0 spiro atoms. The quantitative estimate of drug-likeness (QED) is 0.876. The van der Waals surface area contributed by atoms with Crippen LogP contribution >= 0.6 is 23.2 Å². The lowest BCUT2D eigenvalue weighted by atomic mass is 10.2. The maximum Gasteiger partial charge on any atom is 0.219 e. The van der Waals surface area contributed by atoms with Crippen molar-refractivity contribution in [1.82, 2.24) is 10.3 Å². The van der Waals surface area contributed by atoms with E-state index in [1.807, 2.05) is 19.1 Å². The number of nitrogens with zero attached hydrogens (tertiary/aromatic N) is 1. The van der Waals surface area contributed by atoms with Gasteiger partial charge >= 0.3 is 0 Å². The van der Waals surface area contributed by atoms with Crippen LogP contribution in [0.15, 0.2) is 30.3 Å². The first kappa shape index (κ1) is 15.1. The SMILES string of the molecule is CCNCc1ccc(Oc2ccc(Cl)c(Cl)c2)nc1C. The highest BCUT2D eigenvalue weighted by molar-refractivity contribution is 6.42. The zero-order valence-corrected chi connectivity index (χ0v) is 12.9. The van der Waals surface area contributed by atoms with Gasteiger partial charge in [-0.1, -0.05) is 36.2 Å². The van der Waals surface area contributed by atoms with Crippen LogP contribution in [0, 0.1) is 6.92 Å². The molecular formula is C15H16Cl2N2O. The number of aryl methyl sites for hydroxylation is 1. The van der Waals surface area contributed by atoms with Gasteiger partial charge in [0.25, 0.3) is 0 Å². The summed E-state index contributed by atoms with van der Waals surface area (Å²) in [5, 5.41) is 4.24. The van der Waals surface area contributed by atoms with Crippen molar-refractivity contribution in [1.29, 1.82) is 0 Å². The van der Waals surface area contributed by atoms with Gasteiger partial charge in [-0.05, 0) is 31.2 Å². The molecule has 20 heavy (non-hydrogen) atoms. The maximum atomic E-state index is 5.95. The molecule has 1 aromatic heterocycles. The average Bonchev–Trinajstić information content (AvgIpc) is 2.42. The Bertz CT molecular complexity index is 602. The fourth-order valence-electron chi connectivity index (χ4n) is 1.73. The highest BCUT2D eigenvalue weighted by atomic mass is 35.5. The lowest BCUT2D eigenvalue weighted by Gasteiger charge is -2.09. The van der Waals surface area contributed by atoms with E-state index in [0.717, 1.165) is 24.3 Å². The number of rotatable bonds is 5. The lowest BCUT2D eigenvalue weighted by molar-refractivity contribution is 0.461. The zero-order chi connectivity index (χ0) is 14.5. The highest BCUT2D eigenvalue weighted by Crippen LogP contribution is 2.29. The summed E-state index contributed by atoms with van der Waals surface area (Å²) in [5.74, 6) is 1.16. The first-order valence-electron chi connectivity index (χ1n) is 6.40. The van der Waals surface area contributed by atoms with E-state index >= 15 is 0 Å². The second-order valence-corrected chi connectivity index (χ2v) is 5.17. The van der Waals surface area contributed by atoms with Gasteiger partial charge in [-0.15, -0.1) is 0 Å². The van der Waals surface area contributed by atoms with E-state index in [2.05, 4.69) is 17.2 Å². The Morgan fingerprint density at radius 2 is 1.95 bits per heavy atom. The molecule has 0 aliphatic heterocycles. The average molecular weight is 311 g/mol. The molecule has 0 amide bonds. The summed E-state index contributed by atoms with van der Waals surface area (Å²) in [7, 11) is 0. The van der Waals surface area contributed by atoms with Gasteiger partial charge in [0.15, 0.2) is 0 Å². The van der Waals surface area contributed by atoms with Crippen LogP contribution < -0.4 is 10.1 Å². The Morgan fingerprint density at radius 1 is 1.15 bits per heavy atom. The van der Waals surface area contributed by atoms with Crippen molar-refractivity contribution in [2.45, 2.75) is 20.4 Å². The third-order valence-corrected chi connectivity index (χ3v) is 3.59. The van der Waals surface area contributed by atoms with Gasteiger partial charge < -0.3 is 10.1 Å². The minimum Gasteiger partial charge on any atom is -0.439 e. The molecule has 0 atom stereocenters. The fourth-order valence-corrected chi connectivity index (χ4v) is 2.02. The van der Waals surface area contributed by atoms with Gasteiger partial charge in [-0.2, -0.15) is 0 Å². The number of ether oxygens (including phenoxy) is 1. The third kappa shape index (κ3) is 3.85. The molecule has 3 nitrogen and oxygen atoms in total. The van der Waals surface area contributed by atoms with Crippen LogP contribution in [0.5, 0.6) is 11.6 Å². The number of pyridine rings is 1. The van der Waals surface area contributed by atoms with Crippen molar-refractivity contribution >= 4 is 23.2 Å². The van der Waals surface area contributed by atoms with Crippen LogP contribution in [-0.4, -0.2) is 11.5 Å². The van der Waals surface area contributed by atoms with Crippen molar-refractivity contribution in [2.24, 2.45) is 0 Å². The second-order valence-electron chi connectivity index (χ2n) is 4.35. The number of halogens is 2. The Hall–Kier alpha value is -1.29. The molecule has 1 N–H and O–H groups in total. The second kappa shape index (κ2) is 6.93. The van der Waals surface area contributed by atoms with Crippen molar-refractivity contribution in [2.75, 3.05) is 6.54 Å². The predicted molar refractivity (Wildman–Crippen MR) is 82.9 cm³/mol. The van der Waals surface area contributed by atoms with Gasteiger partial charge in [-0.25, -0.2) is 4.98 Å². The summed E-state index contributed by atoms with van der Waals surface area (Å²) in [6, 6.07) is 9.00. The Labute approximate surface area is 128 Å². The van der Waals surface area contributed by atoms with Gasteiger partial charge in [0.05, 0.1) is 10.0 Å². The molecule has 0 bridgehead atoms. The van der Waals surface area contributed by atoms with Crippen LogP contribution in [0.4, 0.5) is 0 Å². The van der Waals surface area contributed by atoms with E-state index in [1.54, 1.807) is 18.2 Å². The van der Waals surface area contributed by atoms with E-state index in [4.69, 9.17) is 27.9 Å². The lowest BCUT2D eigenvalue weighted by Crippen LogP contribution is -2.13. The number of aromatic nitrogens is 1. The van der Waals surface area contributed by atoms with Crippen LogP contribution in [0.3, 0.4) is 0 Å². The fraction of sp³-hybridized carbons (Fsp3) is 0.267. The smallest absolute Gasteiger partial charge is 0.219 e. The molecule has 0 saturated heterocycles. The first-order valence-corrected chi connectivity index (χ1v) is 7.16. The van der Waals surface area contributed by atoms with Crippen molar-refractivity contribution in [3.63, 3.8) is 0 Å². The maximum absolute atomic E-state index is 5.95. The molecule has 0 aliphatic rings. The van der Waals surface area contributed by atoms with Crippen LogP contribution in [0.1, 0.15) is 18.2 Å². The Kier molecular flexibility index (Phi) is 5.24. The molecule has 0 aliphatic carbocycles. The number of hydrogen-bond donors (Lipinski definition) is 1. The largest absolute Gasteiger partial charge is 0.439 e. The summed E-state index contributed by atoms with van der Waals surface area (Å²) in [4.78, 5) is 4.44. The summed E-state index contributed by atoms with van der Waals surface area (Å²) in [5.41, 5.74) is 2.11. The van der Waals surface area contributed by atoms with Crippen LogP contribution in [0.25, 0.3) is 0 Å². The molecule has 0 unspecified atom stereocenters. The standard InChI is InChI=1S/C15H16Cl2N2O/c1-3-18-9-11-4-7-15(19-10(11)2)20-12-5-6-13(16)14(17)8-12/h4-8,18H,3,9H2,1-2H3. The molecule has 0 fully saturated rings. The molecule has 1 heterocycles. The van der Waals surface area contributed by atoms with Crippen molar-refractivity contribution < 1.29 is 4.74 Å². The summed E-state index contributed by atoms with van der Waals surface area (Å²) < 4.78 is 5.68. The van der Waals surface area contributed by atoms with Gasteiger partial charge in [-0.3, -0.25) is 0 Å². The molecule has 2 aromatic rings. The van der Waals surface area contributed by atoms with Crippen LogP contribution in [-0.2, 0) is 6.54 Å². The van der Waals surface area contributed by atoms with Gasteiger partial charge in [0.2, 0.25) is 5.88 Å². The Morgan fingerprint density at radius 3 is 2.60 bits per heavy atom. The zero-order valence-electron chi connectivity index (χ0n) is 11.4. The van der Waals surface area contributed by atoms with E-state index in [-0.39, 0.29) is 0 Å². The van der Waals surface area contributed by atoms with Gasteiger partial charge in [0, 0.05) is 24.4 Å². The molecule has 0 saturated carbocycles. The molecule has 106 valence electrons. The first-order chi connectivity index (χ1) is 9.60. The molecule has 5 heteroatoms. The summed E-state index contributed by atoms with van der Waals surface area (Å²) in [6.45, 7) is 5.78.